The Hall–Kier alpha value is -2.66. The number of aryl methyl sites for hydroxylation is 1. The van der Waals surface area contributed by atoms with Crippen LogP contribution in [0.3, 0.4) is 0 Å². The monoisotopic (exact) mass is 378 g/mol. The normalized spacial score (nSPS) is 19.8. The van der Waals surface area contributed by atoms with Crippen LogP contribution in [-0.2, 0) is 9.53 Å². The van der Waals surface area contributed by atoms with E-state index >= 15 is 0 Å². The molecule has 1 N–H and O–H groups in total. The van der Waals surface area contributed by atoms with Gasteiger partial charge in [-0.05, 0) is 43.0 Å². The van der Waals surface area contributed by atoms with Crippen molar-refractivity contribution in [2.75, 3.05) is 25.0 Å². The second-order valence-corrected chi connectivity index (χ2v) is 7.67. The summed E-state index contributed by atoms with van der Waals surface area (Å²) < 4.78 is 5.87. The van der Waals surface area contributed by atoms with Crippen molar-refractivity contribution in [2.45, 2.75) is 32.3 Å². The minimum absolute atomic E-state index is 0.0247. The van der Waals surface area contributed by atoms with Crippen LogP contribution in [0.4, 0.5) is 5.69 Å². The number of morpholine rings is 1. The third-order valence-corrected chi connectivity index (χ3v) is 5.74. The quantitative estimate of drug-likeness (QED) is 0.876. The maximum absolute atomic E-state index is 13.1. The Morgan fingerprint density at radius 3 is 2.61 bits per heavy atom. The van der Waals surface area contributed by atoms with Gasteiger partial charge >= 0.3 is 0 Å². The van der Waals surface area contributed by atoms with E-state index in [-0.39, 0.29) is 23.8 Å². The van der Waals surface area contributed by atoms with Gasteiger partial charge in [0.1, 0.15) is 6.10 Å². The number of nitrogens with zero attached hydrogens (tertiary/aromatic N) is 1. The Balaban J connectivity index is 1.48. The highest BCUT2D eigenvalue weighted by Crippen LogP contribution is 2.29. The molecule has 1 saturated carbocycles. The first kappa shape index (κ1) is 18.7. The number of nitrogens with one attached hydrogen (secondary N) is 1. The van der Waals surface area contributed by atoms with E-state index in [1.165, 1.54) is 0 Å². The number of anilines is 1. The van der Waals surface area contributed by atoms with Gasteiger partial charge in [-0.3, -0.25) is 9.59 Å². The average Bonchev–Trinajstić information content (AvgIpc) is 2.68. The fourth-order valence-corrected chi connectivity index (χ4v) is 3.68. The predicted molar refractivity (Wildman–Crippen MR) is 108 cm³/mol. The molecule has 2 aromatic carbocycles. The fourth-order valence-electron chi connectivity index (χ4n) is 3.68. The largest absolute Gasteiger partial charge is 0.370 e. The van der Waals surface area contributed by atoms with Crippen molar-refractivity contribution >= 4 is 17.5 Å². The molecule has 2 amide bonds. The molecule has 146 valence electrons. The highest BCUT2D eigenvalue weighted by atomic mass is 16.5. The Kier molecular flexibility index (Phi) is 5.44. The summed E-state index contributed by atoms with van der Waals surface area (Å²) in [5, 5.41) is 3.01. The van der Waals surface area contributed by atoms with Gasteiger partial charge in [0.15, 0.2) is 0 Å². The molecule has 0 aromatic heterocycles. The average molecular weight is 378 g/mol. The lowest BCUT2D eigenvalue weighted by Gasteiger charge is -2.33. The van der Waals surface area contributed by atoms with Gasteiger partial charge in [0, 0.05) is 23.7 Å². The van der Waals surface area contributed by atoms with E-state index in [0.29, 0.717) is 25.3 Å². The standard InChI is InChI=1S/C23H26N2O3/c1-16-10-11-19(14-20(16)24-22(26)18-8-5-9-18)23(27)25-12-13-28-21(15-25)17-6-3-2-4-7-17/h2-4,6-7,10-11,14,18,21H,5,8-9,12-13,15H2,1H3,(H,24,26). The van der Waals surface area contributed by atoms with Gasteiger partial charge in [-0.2, -0.15) is 0 Å². The van der Waals surface area contributed by atoms with Gasteiger partial charge in [0.2, 0.25) is 5.91 Å². The molecule has 1 atom stereocenters. The molecule has 1 saturated heterocycles. The third kappa shape index (κ3) is 3.94. The van der Waals surface area contributed by atoms with Crippen LogP contribution in [0.5, 0.6) is 0 Å². The Labute approximate surface area is 165 Å². The first-order chi connectivity index (χ1) is 13.6. The summed E-state index contributed by atoms with van der Waals surface area (Å²) in [7, 11) is 0. The summed E-state index contributed by atoms with van der Waals surface area (Å²) in [6.07, 6.45) is 2.92. The van der Waals surface area contributed by atoms with Gasteiger partial charge < -0.3 is 15.0 Å². The molecule has 1 aliphatic carbocycles. The Morgan fingerprint density at radius 2 is 1.89 bits per heavy atom. The number of hydrogen-bond donors (Lipinski definition) is 1. The van der Waals surface area contributed by atoms with Crippen LogP contribution in [0.25, 0.3) is 0 Å². The number of carbonyl (C=O) groups excluding carboxylic acids is 2. The van der Waals surface area contributed by atoms with Gasteiger partial charge in [-0.25, -0.2) is 0 Å². The summed E-state index contributed by atoms with van der Waals surface area (Å²) in [5.74, 6) is 0.155. The van der Waals surface area contributed by atoms with Crippen LogP contribution in [0, 0.1) is 12.8 Å². The summed E-state index contributed by atoms with van der Waals surface area (Å²) >= 11 is 0. The van der Waals surface area contributed by atoms with Crippen LogP contribution >= 0.6 is 0 Å². The highest BCUT2D eigenvalue weighted by molar-refractivity contribution is 5.98. The van der Waals surface area contributed by atoms with Crippen LogP contribution in [0.15, 0.2) is 48.5 Å². The zero-order valence-electron chi connectivity index (χ0n) is 16.2. The highest BCUT2D eigenvalue weighted by Gasteiger charge is 2.28. The smallest absolute Gasteiger partial charge is 0.254 e. The lowest BCUT2D eigenvalue weighted by Crippen LogP contribution is -2.42. The summed E-state index contributed by atoms with van der Waals surface area (Å²) in [5.41, 5.74) is 3.38. The molecule has 1 aliphatic heterocycles. The second kappa shape index (κ2) is 8.15. The molecule has 1 unspecified atom stereocenters. The summed E-state index contributed by atoms with van der Waals surface area (Å²) in [4.78, 5) is 27.2. The molecule has 0 radical (unpaired) electrons. The number of benzene rings is 2. The predicted octanol–water partition coefficient (Wildman–Crippen LogP) is 3.95. The molecule has 0 spiro atoms. The molecule has 5 heteroatoms. The first-order valence-corrected chi connectivity index (χ1v) is 9.99. The van der Waals surface area contributed by atoms with Crippen LogP contribution < -0.4 is 5.32 Å². The summed E-state index contributed by atoms with van der Waals surface area (Å²) in [6.45, 7) is 3.56. The maximum Gasteiger partial charge on any atom is 0.254 e. The van der Waals surface area contributed by atoms with Crippen molar-refractivity contribution in [1.82, 2.24) is 4.90 Å². The van der Waals surface area contributed by atoms with E-state index in [4.69, 9.17) is 4.74 Å². The molecular weight excluding hydrogens is 352 g/mol. The number of ether oxygens (including phenoxy) is 1. The van der Waals surface area contributed by atoms with E-state index in [1.54, 1.807) is 6.07 Å². The van der Waals surface area contributed by atoms with Crippen molar-refractivity contribution in [3.63, 3.8) is 0 Å². The molecule has 2 aromatic rings. The molecular formula is C23H26N2O3. The van der Waals surface area contributed by atoms with Crippen molar-refractivity contribution in [3.8, 4) is 0 Å². The molecule has 4 rings (SSSR count). The first-order valence-electron chi connectivity index (χ1n) is 9.99. The number of amides is 2. The van der Waals surface area contributed by atoms with Gasteiger partial charge in [0.05, 0.1) is 13.2 Å². The number of carbonyl (C=O) groups is 2. The molecule has 2 aliphatic rings. The lowest BCUT2D eigenvalue weighted by molar-refractivity contribution is -0.122. The zero-order chi connectivity index (χ0) is 19.5. The Morgan fingerprint density at radius 1 is 1.11 bits per heavy atom. The van der Waals surface area contributed by atoms with Crippen molar-refractivity contribution in [2.24, 2.45) is 5.92 Å². The lowest BCUT2D eigenvalue weighted by atomic mass is 9.84. The molecule has 1 heterocycles. The van der Waals surface area contributed by atoms with Crippen molar-refractivity contribution in [3.05, 3.63) is 65.2 Å². The van der Waals surface area contributed by atoms with Crippen LogP contribution in [-0.4, -0.2) is 36.4 Å². The van der Waals surface area contributed by atoms with Crippen molar-refractivity contribution < 1.29 is 14.3 Å². The van der Waals surface area contributed by atoms with E-state index in [1.807, 2.05) is 54.3 Å². The van der Waals surface area contributed by atoms with E-state index in [0.717, 1.165) is 36.1 Å². The van der Waals surface area contributed by atoms with Crippen LogP contribution in [0.2, 0.25) is 0 Å². The third-order valence-electron chi connectivity index (χ3n) is 5.74. The molecule has 2 fully saturated rings. The number of rotatable bonds is 4. The van der Waals surface area contributed by atoms with E-state index in [2.05, 4.69) is 5.32 Å². The molecule has 0 bridgehead atoms. The second-order valence-electron chi connectivity index (χ2n) is 7.67. The van der Waals surface area contributed by atoms with Gasteiger partial charge in [0.25, 0.3) is 5.91 Å². The fraction of sp³-hybridized carbons (Fsp3) is 0.391. The molecule has 28 heavy (non-hydrogen) atoms. The topological polar surface area (TPSA) is 58.6 Å². The van der Waals surface area contributed by atoms with Crippen LogP contribution in [0.1, 0.15) is 46.9 Å². The zero-order valence-corrected chi connectivity index (χ0v) is 16.2. The molecule has 5 nitrogen and oxygen atoms in total. The van der Waals surface area contributed by atoms with E-state index in [9.17, 15) is 9.59 Å². The van der Waals surface area contributed by atoms with Gasteiger partial charge in [-0.1, -0.05) is 42.8 Å². The van der Waals surface area contributed by atoms with Gasteiger partial charge in [-0.15, -0.1) is 0 Å². The van der Waals surface area contributed by atoms with E-state index < -0.39 is 0 Å². The van der Waals surface area contributed by atoms with Crippen molar-refractivity contribution in [1.29, 1.82) is 0 Å². The minimum atomic E-state index is -0.109. The summed E-state index contributed by atoms with van der Waals surface area (Å²) in [6, 6.07) is 15.5. The maximum atomic E-state index is 13.1. The minimum Gasteiger partial charge on any atom is -0.370 e. The SMILES string of the molecule is Cc1ccc(C(=O)N2CCOC(c3ccccc3)C2)cc1NC(=O)C1CCC1. The Bertz CT molecular complexity index is 861. The number of hydrogen-bond acceptors (Lipinski definition) is 3.